The van der Waals surface area contributed by atoms with Crippen LogP contribution in [-0.2, 0) is 28.6 Å². The van der Waals surface area contributed by atoms with Gasteiger partial charge in [0.15, 0.2) is 6.10 Å². The van der Waals surface area contributed by atoms with E-state index in [2.05, 4.69) is 57.2 Å². The van der Waals surface area contributed by atoms with Gasteiger partial charge in [-0.2, -0.15) is 0 Å². The van der Waals surface area contributed by atoms with Crippen molar-refractivity contribution in [3.05, 3.63) is 36.5 Å². The summed E-state index contributed by atoms with van der Waals surface area (Å²) in [5, 5.41) is 54.9. The summed E-state index contributed by atoms with van der Waals surface area (Å²) in [5.74, 6) is -10.7. The molecule has 410 valence electrons. The average molecular weight is 994 g/mol. The van der Waals surface area contributed by atoms with Crippen LogP contribution in [0, 0.1) is 0 Å². The first-order chi connectivity index (χ1) is 34.0. The molecular formula is C59H108O11. The maximum atomic E-state index is 13.3. The third-order valence-electron chi connectivity index (χ3n) is 13.1. The van der Waals surface area contributed by atoms with Crippen LogP contribution in [0.4, 0.5) is 0 Å². The van der Waals surface area contributed by atoms with Crippen molar-refractivity contribution < 1.29 is 54.1 Å². The van der Waals surface area contributed by atoms with E-state index < -0.39 is 48.5 Å². The second kappa shape index (κ2) is 48.7. The number of allylic oxidation sites excluding steroid dienone is 6. The Hall–Kier alpha value is -2.57. The molecule has 0 rings (SSSR count). The number of aliphatic hydroxyl groups is 5. The zero-order valence-corrected chi connectivity index (χ0v) is 45.2. The van der Waals surface area contributed by atoms with Gasteiger partial charge in [-0.05, 0) is 96.3 Å². The van der Waals surface area contributed by atoms with E-state index in [4.69, 9.17) is 14.2 Å². The van der Waals surface area contributed by atoms with Gasteiger partial charge < -0.3 is 39.7 Å². The normalized spacial score (nSPS) is 13.9. The zero-order chi connectivity index (χ0) is 51.7. The number of carbonyl (C=O) groups excluding carboxylic acids is 3. The van der Waals surface area contributed by atoms with Crippen LogP contribution >= 0.6 is 0 Å². The number of ether oxygens (including phenoxy) is 3. The molecule has 0 unspecified atom stereocenters. The Morgan fingerprint density at radius 3 is 0.857 bits per heavy atom. The topological polar surface area (TPSA) is 180 Å². The molecule has 70 heavy (non-hydrogen) atoms. The quantitative estimate of drug-likeness (QED) is 0.0169. The number of hydrogen-bond donors (Lipinski definition) is 5. The summed E-state index contributed by atoms with van der Waals surface area (Å²) in [5.41, 5.74) is 0. The fourth-order valence-electron chi connectivity index (χ4n) is 8.49. The Balaban J connectivity index is 5.34. The summed E-state index contributed by atoms with van der Waals surface area (Å²) in [6.07, 6.45) is 48.9. The van der Waals surface area contributed by atoms with Crippen molar-refractivity contribution in [3.63, 3.8) is 0 Å². The molecule has 0 fully saturated rings. The fourth-order valence-corrected chi connectivity index (χ4v) is 8.49. The van der Waals surface area contributed by atoms with E-state index in [0.29, 0.717) is 38.5 Å². The van der Waals surface area contributed by atoms with Gasteiger partial charge >= 0.3 is 29.7 Å². The molecule has 0 aliphatic heterocycles. The van der Waals surface area contributed by atoms with Crippen LogP contribution in [0.15, 0.2) is 36.5 Å². The Bertz CT molecular complexity index is 1240. The van der Waals surface area contributed by atoms with Gasteiger partial charge in [-0.1, -0.05) is 211 Å². The predicted octanol–water partition coefficient (Wildman–Crippen LogP) is 14.8. The summed E-state index contributed by atoms with van der Waals surface area (Å²) in [6, 6.07) is 0. The van der Waals surface area contributed by atoms with Crippen molar-refractivity contribution >= 4 is 17.9 Å². The monoisotopic (exact) mass is 993 g/mol. The van der Waals surface area contributed by atoms with Crippen LogP contribution in [0.3, 0.4) is 0 Å². The number of aliphatic hydroxyl groups excluding tert-OH is 3. The highest BCUT2D eigenvalue weighted by Crippen LogP contribution is 2.34. The lowest BCUT2D eigenvalue weighted by atomic mass is 10.0. The summed E-state index contributed by atoms with van der Waals surface area (Å²) in [4.78, 5) is 39.8. The molecule has 0 aliphatic carbocycles. The molecular weight excluding hydrogens is 885 g/mol. The van der Waals surface area contributed by atoms with Gasteiger partial charge in [-0.25, -0.2) is 0 Å². The van der Waals surface area contributed by atoms with Crippen LogP contribution in [0.5, 0.6) is 0 Å². The lowest BCUT2D eigenvalue weighted by Crippen LogP contribution is -2.69. The highest BCUT2D eigenvalue weighted by molar-refractivity contribution is 5.73. The minimum atomic E-state index is -3.74. The third-order valence-corrected chi connectivity index (χ3v) is 13.1. The summed E-state index contributed by atoms with van der Waals surface area (Å²) in [6.45, 7) is 5.55. The molecule has 0 heterocycles. The van der Waals surface area contributed by atoms with Crippen LogP contribution < -0.4 is 0 Å². The van der Waals surface area contributed by atoms with Crippen molar-refractivity contribution in [1.29, 1.82) is 0 Å². The van der Waals surface area contributed by atoms with Gasteiger partial charge in [0.25, 0.3) is 0 Å². The van der Waals surface area contributed by atoms with Gasteiger partial charge in [0, 0.05) is 19.3 Å². The molecule has 5 N–H and O–H groups in total. The van der Waals surface area contributed by atoms with Crippen molar-refractivity contribution in [2.75, 3.05) is 6.61 Å². The van der Waals surface area contributed by atoms with E-state index in [9.17, 15) is 39.9 Å². The molecule has 0 spiro atoms. The molecule has 0 amide bonds. The van der Waals surface area contributed by atoms with E-state index in [1.54, 1.807) is 0 Å². The molecule has 3 atom stereocenters. The van der Waals surface area contributed by atoms with Gasteiger partial charge in [-0.3, -0.25) is 14.4 Å². The third kappa shape index (κ3) is 38.1. The van der Waals surface area contributed by atoms with E-state index >= 15 is 0 Å². The molecule has 0 aromatic heterocycles. The molecule has 0 saturated heterocycles. The Kier molecular flexibility index (Phi) is 46.9. The first-order valence-corrected chi connectivity index (χ1v) is 29.0. The maximum absolute atomic E-state index is 13.3. The molecule has 0 aromatic rings. The van der Waals surface area contributed by atoms with Crippen LogP contribution in [-0.4, -0.2) is 74.0 Å². The predicted molar refractivity (Wildman–Crippen MR) is 286 cm³/mol. The lowest BCUT2D eigenvalue weighted by molar-refractivity contribution is -0.464. The molecule has 0 saturated carbocycles. The van der Waals surface area contributed by atoms with Crippen LogP contribution in [0.1, 0.15) is 290 Å². The average Bonchev–Trinajstić information content (AvgIpc) is 3.34. The van der Waals surface area contributed by atoms with E-state index in [-0.39, 0.29) is 19.3 Å². The van der Waals surface area contributed by atoms with E-state index in [1.807, 2.05) is 0 Å². The van der Waals surface area contributed by atoms with Crippen molar-refractivity contribution in [2.45, 2.75) is 314 Å². The minimum absolute atomic E-state index is 0.232. The summed E-state index contributed by atoms with van der Waals surface area (Å²) in [7, 11) is 0. The van der Waals surface area contributed by atoms with E-state index in [1.165, 1.54) is 116 Å². The number of unbranched alkanes of at least 4 members (excludes halogenated alkanes) is 33. The number of rotatable bonds is 52. The second-order valence-electron chi connectivity index (χ2n) is 19.9. The Morgan fingerprint density at radius 1 is 0.371 bits per heavy atom. The standard InChI is InChI=1S/C59H108O11/c1-4-7-10-13-16-19-22-25-28-31-34-37-40-43-46-49-54(62)68-58(66,57(65)53(61)52-60)59(67,69-55(63)50-47-44-41-38-35-32-29-26-23-20-17-14-11-8-5-2)70-56(64)51-48-45-42-39-36-33-30-27-24-21-18-15-12-9-6-3/h25-30,53,57,60-61,65-67H,4-24,31-52H2,1-3H3/b28-25-,29-26-,30-27-/t53-,57-,58+/m1/s1. The first kappa shape index (κ1) is 67.4. The number of esters is 3. The Labute approximate surface area is 428 Å². The molecule has 0 radical (unpaired) electrons. The van der Waals surface area contributed by atoms with Gasteiger partial charge in [-0.15, -0.1) is 0 Å². The molecule has 0 aliphatic rings. The van der Waals surface area contributed by atoms with Gasteiger partial charge in [0.1, 0.15) is 6.10 Å². The molecule has 0 bridgehead atoms. The highest BCUT2D eigenvalue weighted by atomic mass is 16.9. The van der Waals surface area contributed by atoms with Crippen molar-refractivity contribution in [3.8, 4) is 0 Å². The lowest BCUT2D eigenvalue weighted by Gasteiger charge is -2.42. The fraction of sp³-hybridized carbons (Fsp3) is 0.847. The van der Waals surface area contributed by atoms with E-state index in [0.717, 1.165) is 96.3 Å². The number of carbonyl (C=O) groups is 3. The Morgan fingerprint density at radius 2 is 0.600 bits per heavy atom. The zero-order valence-electron chi connectivity index (χ0n) is 45.2. The van der Waals surface area contributed by atoms with Gasteiger partial charge in [0.2, 0.25) is 0 Å². The smallest absolute Gasteiger partial charge is 0.419 e. The van der Waals surface area contributed by atoms with Crippen LogP contribution in [0.25, 0.3) is 0 Å². The number of hydrogen-bond acceptors (Lipinski definition) is 11. The largest absolute Gasteiger partial charge is 0.446 e. The van der Waals surface area contributed by atoms with Crippen molar-refractivity contribution in [1.82, 2.24) is 0 Å². The van der Waals surface area contributed by atoms with Gasteiger partial charge in [0.05, 0.1) is 6.61 Å². The highest BCUT2D eigenvalue weighted by Gasteiger charge is 2.66. The SMILES string of the molecule is CCCCCCCC/C=C\CCCCCCCC(=O)OC(O)(OC(=O)CCCCCCC/C=C\CCCCCCCC)[C@@](O)(OC(=O)CCCCCCC/C=C\CCCCCCCC)[C@H](O)[C@H](O)CO. The van der Waals surface area contributed by atoms with Crippen molar-refractivity contribution in [2.24, 2.45) is 0 Å². The summed E-state index contributed by atoms with van der Waals surface area (Å²) < 4.78 is 15.7. The molecule has 11 nitrogen and oxygen atoms in total. The first-order valence-electron chi connectivity index (χ1n) is 29.0. The summed E-state index contributed by atoms with van der Waals surface area (Å²) >= 11 is 0. The minimum Gasteiger partial charge on any atom is -0.419 e. The molecule has 11 heteroatoms. The van der Waals surface area contributed by atoms with Crippen LogP contribution in [0.2, 0.25) is 0 Å². The maximum Gasteiger partial charge on any atom is 0.446 e. The molecule has 0 aromatic carbocycles. The second-order valence-corrected chi connectivity index (χ2v) is 19.9.